The van der Waals surface area contributed by atoms with Crippen LogP contribution in [0, 0.1) is 0 Å². The van der Waals surface area contributed by atoms with Crippen molar-refractivity contribution in [3.8, 4) is 11.5 Å². The normalized spacial score (nSPS) is 12.0. The summed E-state index contributed by atoms with van der Waals surface area (Å²) in [4.78, 5) is 0. The van der Waals surface area contributed by atoms with Crippen molar-refractivity contribution in [3.05, 3.63) is 133 Å². The molecule has 0 bridgehead atoms. The highest BCUT2D eigenvalue weighted by Crippen LogP contribution is 2.57. The van der Waals surface area contributed by atoms with Crippen LogP contribution in [-0.4, -0.2) is 22.4 Å². The molecule has 2 nitrogen and oxygen atoms in total. The number of hydrogen-bond acceptors (Lipinski definition) is 2. The predicted molar refractivity (Wildman–Crippen MR) is 185 cm³/mol. The van der Waals surface area contributed by atoms with E-state index >= 15 is 0 Å². The Hall–Kier alpha value is -2.35. The number of aromatic hydroxyl groups is 2. The minimum Gasteiger partial charge on any atom is -0.508 e. The summed E-state index contributed by atoms with van der Waals surface area (Å²) in [6.07, 6.45) is 1.55. The lowest BCUT2D eigenvalue weighted by Crippen LogP contribution is -2.34. The lowest BCUT2D eigenvalue weighted by molar-refractivity contribution is 0.475. The van der Waals surface area contributed by atoms with Crippen molar-refractivity contribution in [2.24, 2.45) is 0 Å². The van der Waals surface area contributed by atoms with Crippen LogP contribution in [0.15, 0.2) is 133 Å². The van der Waals surface area contributed by atoms with Gasteiger partial charge in [0.25, 0.3) is 0 Å². The number of phenolic OH excluding ortho intramolecular Hbond substituents is 2. The van der Waals surface area contributed by atoms with Crippen molar-refractivity contribution >= 4 is 86.3 Å². The second kappa shape index (κ2) is 13.3. The van der Waals surface area contributed by atoms with Gasteiger partial charge < -0.3 is 10.2 Å². The first kappa shape index (κ1) is 30.1. The average molecular weight is 655 g/mol. The average Bonchev–Trinajstić information content (AvgIpc) is 2.98. The molecule has 0 aromatic heterocycles. The Morgan fingerprint density at radius 1 is 0.512 bits per heavy atom. The van der Waals surface area contributed by atoms with Crippen LogP contribution < -0.4 is 31.8 Å². The number of hydrogen-bond donors (Lipinski definition) is 2. The summed E-state index contributed by atoms with van der Waals surface area (Å²) in [6, 6.07) is 43.1. The number of rotatable bonds is 10. The van der Waals surface area contributed by atoms with Crippen LogP contribution >= 0.6 is 48.4 Å². The van der Waals surface area contributed by atoms with Gasteiger partial charge in [0.05, 0.1) is 6.16 Å². The van der Waals surface area contributed by atoms with Gasteiger partial charge in [0.15, 0.2) is 0 Å². The Balaban J connectivity index is 1.66. The minimum absolute atomic E-state index is 0.220. The molecule has 208 valence electrons. The lowest BCUT2D eigenvalue weighted by atomic mass is 10.3. The van der Waals surface area contributed by atoms with E-state index in [4.69, 9.17) is 33.2 Å². The maximum atomic E-state index is 10.1. The van der Waals surface area contributed by atoms with Crippen LogP contribution in [0.2, 0.25) is 6.04 Å². The second-order valence-corrected chi connectivity index (χ2v) is 24.9. The predicted octanol–water partition coefficient (Wildman–Crippen LogP) is 7.20. The topological polar surface area (TPSA) is 40.5 Å². The molecule has 8 heteroatoms. The summed E-state index contributed by atoms with van der Waals surface area (Å²) in [5.41, 5.74) is 0. The zero-order valence-corrected chi connectivity index (χ0v) is 27.3. The van der Waals surface area contributed by atoms with E-state index < -0.39 is 21.2 Å². The summed E-state index contributed by atoms with van der Waals surface area (Å²) in [5, 5.41) is 27.6. The van der Waals surface area contributed by atoms with E-state index in [1.165, 1.54) is 21.2 Å². The highest BCUT2D eigenvalue weighted by molar-refractivity contribution is 7.95. The van der Waals surface area contributed by atoms with Gasteiger partial charge in [0, 0.05) is 0 Å². The summed E-state index contributed by atoms with van der Waals surface area (Å²) in [6.45, 7) is 0. The molecular weight excluding hydrogens is 625 g/mol. The smallest absolute Gasteiger partial charge is 0.341 e. The lowest BCUT2D eigenvalue weighted by Gasteiger charge is -2.29. The Kier molecular flexibility index (Phi) is 9.77. The first-order chi connectivity index (χ1) is 19.8. The van der Waals surface area contributed by atoms with Crippen LogP contribution in [0.25, 0.3) is 0 Å². The third-order valence-electron chi connectivity index (χ3n) is 7.11. The fraction of sp³-hybridized carbons (Fsp3) is 0.0909. The Morgan fingerprint density at radius 2 is 0.878 bits per heavy atom. The first-order valence-electron chi connectivity index (χ1n) is 13.3. The minimum atomic E-state index is -2.82. The molecule has 0 heterocycles. The molecule has 0 atom stereocenters. The fourth-order valence-electron chi connectivity index (χ4n) is 5.22. The van der Waals surface area contributed by atoms with Gasteiger partial charge in [-0.15, -0.1) is 33.2 Å². The molecule has 0 spiro atoms. The molecule has 5 aromatic rings. The van der Waals surface area contributed by atoms with E-state index in [1.807, 2.05) is 24.3 Å². The standard InChI is InChI=1S/C33H29Cl3O2P2Si/c34-41(35,36)25-7-24-40(31-18-12-26(37)13-19-31,32-20-14-27(38)15-21-32)33-22-16-30(17-23-33)39(28-8-3-1-4-9-28)29-10-5-2-6-11-29/h1-6,8-23H,7,24-25H2,(H-,37,38)/p+1. The van der Waals surface area contributed by atoms with Gasteiger partial charge in [-0.3, -0.25) is 0 Å². The Labute approximate surface area is 258 Å². The molecule has 0 fully saturated rings. The van der Waals surface area contributed by atoms with Gasteiger partial charge in [0.1, 0.15) is 34.7 Å². The van der Waals surface area contributed by atoms with E-state index in [-0.39, 0.29) is 11.5 Å². The van der Waals surface area contributed by atoms with Crippen LogP contribution in [0.5, 0.6) is 11.5 Å². The molecule has 0 aliphatic rings. The molecule has 0 radical (unpaired) electrons. The van der Waals surface area contributed by atoms with E-state index in [1.54, 1.807) is 24.3 Å². The van der Waals surface area contributed by atoms with Gasteiger partial charge in [-0.05, 0) is 109 Å². The zero-order valence-electron chi connectivity index (χ0n) is 22.2. The molecule has 41 heavy (non-hydrogen) atoms. The van der Waals surface area contributed by atoms with Crippen LogP contribution in [0.3, 0.4) is 0 Å². The summed E-state index contributed by atoms with van der Waals surface area (Å²) < 4.78 is 0. The van der Waals surface area contributed by atoms with E-state index in [9.17, 15) is 10.2 Å². The van der Waals surface area contributed by atoms with Crippen LogP contribution in [-0.2, 0) is 0 Å². The molecule has 0 unspecified atom stereocenters. The molecule has 5 rings (SSSR count). The van der Waals surface area contributed by atoms with E-state index in [0.717, 1.165) is 23.2 Å². The number of halogens is 3. The second-order valence-electron chi connectivity index (χ2n) is 9.81. The van der Waals surface area contributed by atoms with Crippen molar-refractivity contribution in [2.75, 3.05) is 6.16 Å². The van der Waals surface area contributed by atoms with Crippen molar-refractivity contribution in [3.63, 3.8) is 0 Å². The highest BCUT2D eigenvalue weighted by atomic mass is 35.8. The monoisotopic (exact) mass is 653 g/mol. The molecule has 0 aliphatic carbocycles. The molecule has 0 aliphatic heterocycles. The van der Waals surface area contributed by atoms with Crippen LogP contribution in [0.1, 0.15) is 6.42 Å². The fourth-order valence-corrected chi connectivity index (χ4v) is 13.9. The largest absolute Gasteiger partial charge is 0.508 e. The molecule has 0 amide bonds. The maximum absolute atomic E-state index is 10.1. The SMILES string of the molecule is Oc1ccc([P+](CCC[Si](Cl)(Cl)Cl)(c2ccc(O)cc2)c2ccc(P(c3ccccc3)c3ccccc3)cc2)cc1. The van der Waals surface area contributed by atoms with Gasteiger partial charge in [-0.25, -0.2) is 0 Å². The Morgan fingerprint density at radius 3 is 1.27 bits per heavy atom. The van der Waals surface area contributed by atoms with Gasteiger partial charge in [-0.1, -0.05) is 60.7 Å². The van der Waals surface area contributed by atoms with Crippen molar-refractivity contribution in [2.45, 2.75) is 12.5 Å². The van der Waals surface area contributed by atoms with Crippen molar-refractivity contribution < 1.29 is 10.2 Å². The number of benzene rings is 5. The number of phenols is 2. The van der Waals surface area contributed by atoms with Gasteiger partial charge >= 0.3 is 6.00 Å². The third kappa shape index (κ3) is 7.18. The van der Waals surface area contributed by atoms with E-state index in [0.29, 0.717) is 6.04 Å². The van der Waals surface area contributed by atoms with Gasteiger partial charge in [0.2, 0.25) is 0 Å². The van der Waals surface area contributed by atoms with Crippen LogP contribution in [0.4, 0.5) is 0 Å². The summed E-state index contributed by atoms with van der Waals surface area (Å²) in [5.74, 6) is 0.441. The first-order valence-corrected chi connectivity index (χ1v) is 21.9. The van der Waals surface area contributed by atoms with Crippen molar-refractivity contribution in [1.82, 2.24) is 0 Å². The Bertz CT molecular complexity index is 1460. The zero-order chi connectivity index (χ0) is 28.9. The van der Waals surface area contributed by atoms with Gasteiger partial charge in [-0.2, -0.15) is 0 Å². The third-order valence-corrected chi connectivity index (χ3v) is 16.7. The maximum Gasteiger partial charge on any atom is 0.341 e. The molecule has 5 aromatic carbocycles. The van der Waals surface area contributed by atoms with Crippen molar-refractivity contribution in [1.29, 1.82) is 0 Å². The molecular formula is C33H30Cl3O2P2Si+. The molecule has 0 saturated heterocycles. The summed E-state index contributed by atoms with van der Waals surface area (Å²) >= 11 is 19.0. The highest BCUT2D eigenvalue weighted by Gasteiger charge is 2.45. The quantitative estimate of drug-likeness (QED) is 0.0951. The molecule has 2 N–H and O–H groups in total. The summed E-state index contributed by atoms with van der Waals surface area (Å²) in [7, 11) is -2.98. The molecule has 0 saturated carbocycles. The van der Waals surface area contributed by atoms with E-state index in [2.05, 4.69) is 84.9 Å².